The number of carbonyl (C=O) groups is 1. The molecule has 0 saturated heterocycles. The minimum absolute atomic E-state index is 0.265. The molecule has 0 spiro atoms. The van der Waals surface area contributed by atoms with Crippen LogP contribution < -0.4 is 0 Å². The van der Waals surface area contributed by atoms with Crippen molar-refractivity contribution in [2.24, 2.45) is 0 Å². The molecule has 7 heteroatoms. The summed E-state index contributed by atoms with van der Waals surface area (Å²) in [6.07, 6.45) is 0.00274. The summed E-state index contributed by atoms with van der Waals surface area (Å²) in [4.78, 5) is 9.65. The van der Waals surface area contributed by atoms with Gasteiger partial charge in [-0.25, -0.2) is 0 Å². The number of carbonyl (C=O) groups excluding carboxylic acids is 1. The van der Waals surface area contributed by atoms with Crippen molar-refractivity contribution in [3.63, 3.8) is 0 Å². The molecule has 1 rings (SSSR count). The third-order valence-corrected chi connectivity index (χ3v) is 3.96. The second-order valence-electron chi connectivity index (χ2n) is 3.27. The van der Waals surface area contributed by atoms with Crippen LogP contribution in [0.3, 0.4) is 0 Å². The van der Waals surface area contributed by atoms with Crippen LogP contribution in [0.25, 0.3) is 0 Å². The molecule has 0 aliphatic heterocycles. The van der Waals surface area contributed by atoms with E-state index in [-0.39, 0.29) is 12.2 Å². The summed E-state index contributed by atoms with van der Waals surface area (Å²) in [7, 11) is 0. The molecule has 1 fully saturated rings. The Hall–Kier alpha value is 0.690. The lowest BCUT2D eigenvalue weighted by Crippen LogP contribution is -2.49. The number of Topliss-reactive ketones (excluding diaryl/α,β-unsaturated/α-hetero) is 1. The Morgan fingerprint density at radius 1 is 1.36 bits per heavy atom. The zero-order valence-electron chi connectivity index (χ0n) is 6.80. The minimum Gasteiger partial charge on any atom is -0.298 e. The average molecular weight is 286 g/mol. The van der Waals surface area contributed by atoms with Gasteiger partial charge in [0.1, 0.15) is 4.87 Å². The number of hydrogen-bond donors (Lipinski definition) is 0. The quantitative estimate of drug-likeness (QED) is 0.722. The lowest BCUT2D eigenvalue weighted by Gasteiger charge is -2.38. The highest BCUT2D eigenvalue weighted by Crippen LogP contribution is 2.51. The molecule has 1 aliphatic rings. The number of hydrogen-bond acceptors (Lipinski definition) is 1. The van der Waals surface area contributed by atoms with Crippen molar-refractivity contribution >= 4 is 52.2 Å². The first kappa shape index (κ1) is 12.8. The van der Waals surface area contributed by atoms with E-state index >= 15 is 0 Å². The van der Waals surface area contributed by atoms with Gasteiger partial charge >= 0.3 is 5.38 Å². The molecule has 82 valence electrons. The van der Waals surface area contributed by atoms with E-state index in [1.165, 1.54) is 0 Å². The van der Waals surface area contributed by atoms with Gasteiger partial charge in [-0.15, -0.1) is 11.6 Å². The predicted octanol–water partition coefficient (Wildman–Crippen LogP) is 3.72. The summed E-state index contributed by atoms with van der Waals surface area (Å²) < 4.78 is 22.8. The van der Waals surface area contributed by atoms with E-state index in [2.05, 4.69) is 0 Å². The van der Waals surface area contributed by atoms with E-state index < -0.39 is 21.0 Å². The van der Waals surface area contributed by atoms with Gasteiger partial charge in [0, 0.05) is 12.8 Å². The highest BCUT2D eigenvalue weighted by atomic mass is 35.5. The van der Waals surface area contributed by atoms with Crippen LogP contribution in [0.5, 0.6) is 0 Å². The van der Waals surface area contributed by atoms with Crippen LogP contribution in [0.1, 0.15) is 19.3 Å². The number of rotatable bonds is 3. The molecule has 1 nitrogen and oxygen atoms in total. The molecule has 1 saturated carbocycles. The fraction of sp³-hybridized carbons (Fsp3) is 0.857. The lowest BCUT2D eigenvalue weighted by molar-refractivity contribution is -0.128. The Balaban J connectivity index is 2.73. The van der Waals surface area contributed by atoms with Gasteiger partial charge in [-0.2, -0.15) is 8.78 Å². The molecular weight excluding hydrogens is 280 g/mol. The molecule has 0 aromatic carbocycles. The topological polar surface area (TPSA) is 17.1 Å². The molecule has 0 aromatic heterocycles. The molecule has 1 atom stereocenters. The zero-order valence-corrected chi connectivity index (χ0v) is 9.82. The maximum Gasteiger partial charge on any atom is 0.354 e. The van der Waals surface area contributed by atoms with E-state index in [9.17, 15) is 13.6 Å². The molecule has 0 radical (unpaired) electrons. The van der Waals surface area contributed by atoms with E-state index in [0.717, 1.165) is 0 Å². The van der Waals surface area contributed by atoms with Gasteiger partial charge < -0.3 is 0 Å². The Labute approximate surface area is 99.6 Å². The van der Waals surface area contributed by atoms with E-state index in [1.807, 2.05) is 0 Å². The highest BCUT2D eigenvalue weighted by Gasteiger charge is 2.58. The van der Waals surface area contributed by atoms with Gasteiger partial charge in [-0.1, -0.05) is 23.2 Å². The van der Waals surface area contributed by atoms with Crippen molar-refractivity contribution in [3.8, 4) is 0 Å². The van der Waals surface area contributed by atoms with Gasteiger partial charge in [0.25, 0.3) is 0 Å². The first-order chi connectivity index (χ1) is 6.08. The molecule has 14 heavy (non-hydrogen) atoms. The van der Waals surface area contributed by atoms with Gasteiger partial charge in [0.15, 0.2) is 10.1 Å². The second kappa shape index (κ2) is 3.62. The Kier molecular flexibility index (Phi) is 3.30. The molecule has 0 amide bonds. The Morgan fingerprint density at radius 2 is 1.86 bits per heavy atom. The van der Waals surface area contributed by atoms with Crippen molar-refractivity contribution in [2.75, 3.05) is 0 Å². The van der Waals surface area contributed by atoms with Crippen molar-refractivity contribution < 1.29 is 13.6 Å². The van der Waals surface area contributed by atoms with Crippen LogP contribution in [0.15, 0.2) is 0 Å². The highest BCUT2D eigenvalue weighted by molar-refractivity contribution is 6.53. The summed E-state index contributed by atoms with van der Waals surface area (Å²) >= 11 is 21.1. The smallest absolute Gasteiger partial charge is 0.298 e. The van der Waals surface area contributed by atoms with Crippen LogP contribution in [0, 0.1) is 0 Å². The van der Waals surface area contributed by atoms with Crippen LogP contribution >= 0.6 is 46.4 Å². The maximum absolute atomic E-state index is 12.6. The predicted molar refractivity (Wildman–Crippen MR) is 52.7 cm³/mol. The molecule has 0 heterocycles. The normalized spacial score (nSPS) is 28.9. The second-order valence-corrected chi connectivity index (χ2v) is 5.95. The lowest BCUT2D eigenvalue weighted by atomic mass is 9.79. The largest absolute Gasteiger partial charge is 0.354 e. The van der Waals surface area contributed by atoms with E-state index in [4.69, 9.17) is 46.4 Å². The molecular formula is C7H6Cl4F2O. The van der Waals surface area contributed by atoms with Gasteiger partial charge in [0.05, 0.1) is 0 Å². The molecule has 0 N–H and O–H groups in total. The van der Waals surface area contributed by atoms with Gasteiger partial charge in [-0.05, 0) is 18.0 Å². The van der Waals surface area contributed by atoms with E-state index in [0.29, 0.717) is 6.42 Å². The fourth-order valence-corrected chi connectivity index (χ4v) is 2.19. The first-order valence-electron chi connectivity index (χ1n) is 3.75. The maximum atomic E-state index is 12.6. The third-order valence-electron chi connectivity index (χ3n) is 2.17. The van der Waals surface area contributed by atoms with Crippen LogP contribution in [0.4, 0.5) is 8.78 Å². The summed E-state index contributed by atoms with van der Waals surface area (Å²) in [6, 6.07) is 0. The van der Waals surface area contributed by atoms with Crippen molar-refractivity contribution in [1.82, 2.24) is 0 Å². The molecule has 1 unspecified atom stereocenters. The standard InChI is InChI=1S/C7H6Cl4F2O/c8-5(2-1-4(5)14)3-6(9,10)7(11,12)13/h1-3H2. The van der Waals surface area contributed by atoms with Gasteiger partial charge in [-0.3, -0.25) is 4.79 Å². The van der Waals surface area contributed by atoms with Crippen molar-refractivity contribution in [2.45, 2.75) is 33.9 Å². The Morgan fingerprint density at radius 3 is 2.07 bits per heavy atom. The summed E-state index contributed by atoms with van der Waals surface area (Å²) in [5, 5.41) is -3.81. The average Bonchev–Trinajstić information content (AvgIpc) is 1.99. The number of ketones is 1. The van der Waals surface area contributed by atoms with E-state index in [1.54, 1.807) is 0 Å². The first-order valence-corrected chi connectivity index (χ1v) is 5.26. The van der Waals surface area contributed by atoms with Gasteiger partial charge in [0.2, 0.25) is 0 Å². The summed E-state index contributed by atoms with van der Waals surface area (Å²) in [6.45, 7) is 0. The Bertz CT molecular complexity index is 263. The van der Waals surface area contributed by atoms with Crippen LogP contribution in [0.2, 0.25) is 0 Å². The summed E-state index contributed by atoms with van der Waals surface area (Å²) in [5.41, 5.74) is 0. The third kappa shape index (κ3) is 2.26. The fourth-order valence-electron chi connectivity index (χ4n) is 1.14. The zero-order chi connectivity index (χ0) is 11.2. The van der Waals surface area contributed by atoms with Crippen molar-refractivity contribution in [3.05, 3.63) is 0 Å². The van der Waals surface area contributed by atoms with Crippen molar-refractivity contribution in [1.29, 1.82) is 0 Å². The monoisotopic (exact) mass is 284 g/mol. The number of alkyl halides is 6. The minimum atomic E-state index is -3.81. The molecule has 0 aromatic rings. The SMILES string of the molecule is O=C1CCC1(Cl)CC(Cl)(Cl)C(F)(F)Cl. The number of halogens is 6. The van der Waals surface area contributed by atoms with Crippen LogP contribution in [-0.2, 0) is 4.79 Å². The summed E-state index contributed by atoms with van der Waals surface area (Å²) in [5.74, 6) is -0.328. The molecule has 1 aliphatic carbocycles. The van der Waals surface area contributed by atoms with Crippen LogP contribution in [-0.4, -0.2) is 20.4 Å². The molecule has 0 bridgehead atoms.